The molecule has 0 aliphatic heterocycles. The molecule has 0 saturated carbocycles. The Balaban J connectivity index is 2.18. The number of imidazole rings is 1. The summed E-state index contributed by atoms with van der Waals surface area (Å²) in [6.45, 7) is 0. The van der Waals surface area contributed by atoms with E-state index in [4.69, 9.17) is 21.1 Å². The second-order valence-electron chi connectivity index (χ2n) is 3.91. The molecule has 2 aromatic heterocycles. The van der Waals surface area contributed by atoms with Crippen molar-refractivity contribution < 1.29 is 9.47 Å². The molecule has 4 nitrogen and oxygen atoms in total. The van der Waals surface area contributed by atoms with Gasteiger partial charge < -0.3 is 14.5 Å². The number of halogens is 1. The second kappa shape index (κ2) is 4.75. The molecule has 0 saturated heterocycles. The van der Waals surface area contributed by atoms with Gasteiger partial charge in [0.15, 0.2) is 11.5 Å². The van der Waals surface area contributed by atoms with Crippen LogP contribution in [0.5, 0.6) is 11.5 Å². The van der Waals surface area contributed by atoms with E-state index in [2.05, 4.69) is 9.97 Å². The molecule has 19 heavy (non-hydrogen) atoms. The number of nitrogens with one attached hydrogen (secondary N) is 1. The third-order valence-corrected chi connectivity index (χ3v) is 4.17. The molecule has 3 rings (SSSR count). The molecule has 0 unspecified atom stereocenters. The highest BCUT2D eigenvalue weighted by Crippen LogP contribution is 2.35. The predicted octanol–water partition coefficient (Wildman–Crippen LogP) is 3.96. The van der Waals surface area contributed by atoms with Crippen LogP contribution in [0.15, 0.2) is 23.6 Å². The van der Waals surface area contributed by atoms with Crippen molar-refractivity contribution in [2.75, 3.05) is 14.2 Å². The van der Waals surface area contributed by atoms with E-state index < -0.39 is 0 Å². The van der Waals surface area contributed by atoms with Crippen molar-refractivity contribution in [1.29, 1.82) is 0 Å². The largest absolute Gasteiger partial charge is 0.493 e. The van der Waals surface area contributed by atoms with E-state index in [1.807, 2.05) is 23.6 Å². The van der Waals surface area contributed by atoms with E-state index in [0.717, 1.165) is 21.7 Å². The zero-order chi connectivity index (χ0) is 13.4. The number of fused-ring (bicyclic) bond motifs is 1. The smallest absolute Gasteiger partial charge is 0.163 e. The van der Waals surface area contributed by atoms with Gasteiger partial charge >= 0.3 is 0 Å². The molecule has 6 heteroatoms. The third kappa shape index (κ3) is 2.05. The van der Waals surface area contributed by atoms with E-state index in [9.17, 15) is 0 Å². The second-order valence-corrected chi connectivity index (χ2v) is 5.23. The quantitative estimate of drug-likeness (QED) is 0.795. The SMILES string of the molecule is COc1cc2nc(-c3sccc3Cl)[nH]c2cc1OC. The van der Waals surface area contributed by atoms with E-state index >= 15 is 0 Å². The molecular weight excluding hydrogens is 284 g/mol. The zero-order valence-electron chi connectivity index (χ0n) is 10.4. The number of aromatic amines is 1. The van der Waals surface area contributed by atoms with Gasteiger partial charge in [-0.15, -0.1) is 11.3 Å². The van der Waals surface area contributed by atoms with Crippen molar-refractivity contribution in [1.82, 2.24) is 9.97 Å². The molecule has 3 aromatic rings. The lowest BCUT2D eigenvalue weighted by atomic mass is 10.3. The highest BCUT2D eigenvalue weighted by molar-refractivity contribution is 7.14. The minimum absolute atomic E-state index is 0.658. The first kappa shape index (κ1) is 12.3. The number of benzene rings is 1. The Morgan fingerprint density at radius 3 is 2.58 bits per heavy atom. The van der Waals surface area contributed by atoms with Crippen molar-refractivity contribution in [3.05, 3.63) is 28.6 Å². The van der Waals surface area contributed by atoms with E-state index in [1.54, 1.807) is 25.6 Å². The van der Waals surface area contributed by atoms with Crippen LogP contribution >= 0.6 is 22.9 Å². The number of hydrogen-bond acceptors (Lipinski definition) is 4. The summed E-state index contributed by atoms with van der Waals surface area (Å²) in [6.07, 6.45) is 0. The molecule has 0 aliphatic rings. The fraction of sp³-hybridized carbons (Fsp3) is 0.154. The number of rotatable bonds is 3. The Hall–Kier alpha value is -1.72. The number of methoxy groups -OCH3 is 2. The van der Waals surface area contributed by atoms with Gasteiger partial charge in [-0.3, -0.25) is 0 Å². The Bertz CT molecular complexity index is 694. The van der Waals surface area contributed by atoms with Crippen molar-refractivity contribution >= 4 is 34.0 Å². The molecular formula is C13H11ClN2O2S. The van der Waals surface area contributed by atoms with Gasteiger partial charge in [0.25, 0.3) is 0 Å². The number of H-pyrrole nitrogens is 1. The molecule has 1 aromatic carbocycles. The summed E-state index contributed by atoms with van der Waals surface area (Å²) < 4.78 is 10.5. The summed E-state index contributed by atoms with van der Waals surface area (Å²) in [5.74, 6) is 2.08. The molecule has 0 spiro atoms. The number of nitrogens with zero attached hydrogens (tertiary/aromatic N) is 1. The topological polar surface area (TPSA) is 47.1 Å². The summed E-state index contributed by atoms with van der Waals surface area (Å²) in [5, 5.41) is 2.63. The monoisotopic (exact) mass is 294 g/mol. The molecule has 0 amide bonds. The van der Waals surface area contributed by atoms with Crippen molar-refractivity contribution in [2.24, 2.45) is 0 Å². The van der Waals surface area contributed by atoms with Crippen molar-refractivity contribution in [3.8, 4) is 22.2 Å². The normalized spacial score (nSPS) is 10.9. The van der Waals surface area contributed by atoms with Gasteiger partial charge in [-0.2, -0.15) is 0 Å². The lowest BCUT2D eigenvalue weighted by Gasteiger charge is -2.06. The number of ether oxygens (including phenoxy) is 2. The van der Waals surface area contributed by atoms with E-state index in [1.165, 1.54) is 0 Å². The van der Waals surface area contributed by atoms with E-state index in [0.29, 0.717) is 16.5 Å². The molecule has 2 heterocycles. The first-order valence-corrected chi connectivity index (χ1v) is 6.84. The maximum absolute atomic E-state index is 6.12. The summed E-state index contributed by atoms with van der Waals surface area (Å²) in [4.78, 5) is 8.71. The van der Waals surface area contributed by atoms with Crippen LogP contribution in [0, 0.1) is 0 Å². The number of thiophene rings is 1. The summed E-state index contributed by atoms with van der Waals surface area (Å²) in [6, 6.07) is 5.57. The molecule has 1 N–H and O–H groups in total. The standard InChI is InChI=1S/C13H11ClN2O2S/c1-17-10-5-8-9(6-11(10)18-2)16-13(15-8)12-7(14)3-4-19-12/h3-6H,1-2H3,(H,15,16). The van der Waals surface area contributed by atoms with Crippen LogP contribution < -0.4 is 9.47 Å². The molecule has 98 valence electrons. The van der Waals surface area contributed by atoms with Gasteiger partial charge in [0, 0.05) is 12.1 Å². The summed E-state index contributed by atoms with van der Waals surface area (Å²) >= 11 is 7.67. The lowest BCUT2D eigenvalue weighted by molar-refractivity contribution is 0.356. The predicted molar refractivity (Wildman–Crippen MR) is 77.5 cm³/mol. The van der Waals surface area contributed by atoms with Gasteiger partial charge in [-0.1, -0.05) is 11.6 Å². The van der Waals surface area contributed by atoms with Crippen LogP contribution in [0.4, 0.5) is 0 Å². The Morgan fingerprint density at radius 1 is 1.21 bits per heavy atom. The first-order valence-electron chi connectivity index (χ1n) is 5.58. The van der Waals surface area contributed by atoms with Gasteiger partial charge in [0.05, 0.1) is 35.2 Å². The highest BCUT2D eigenvalue weighted by Gasteiger charge is 2.13. The molecule has 0 atom stereocenters. The van der Waals surface area contributed by atoms with Crippen molar-refractivity contribution in [2.45, 2.75) is 0 Å². The van der Waals surface area contributed by atoms with E-state index in [-0.39, 0.29) is 0 Å². The fourth-order valence-corrected chi connectivity index (χ4v) is 3.00. The minimum Gasteiger partial charge on any atom is -0.493 e. The van der Waals surface area contributed by atoms with Crippen LogP contribution in [0.3, 0.4) is 0 Å². The maximum Gasteiger partial charge on any atom is 0.163 e. The van der Waals surface area contributed by atoms with Gasteiger partial charge in [0.1, 0.15) is 5.82 Å². The van der Waals surface area contributed by atoms with Gasteiger partial charge in [-0.25, -0.2) is 4.98 Å². The number of aromatic nitrogens is 2. The lowest BCUT2D eigenvalue weighted by Crippen LogP contribution is -1.89. The first-order chi connectivity index (χ1) is 9.22. The Morgan fingerprint density at radius 2 is 1.95 bits per heavy atom. The highest BCUT2D eigenvalue weighted by atomic mass is 35.5. The summed E-state index contributed by atoms with van der Waals surface area (Å²) in [7, 11) is 3.21. The molecule has 0 aliphatic carbocycles. The van der Waals surface area contributed by atoms with Crippen molar-refractivity contribution in [3.63, 3.8) is 0 Å². The van der Waals surface area contributed by atoms with Gasteiger partial charge in [-0.05, 0) is 11.4 Å². The van der Waals surface area contributed by atoms with Crippen LogP contribution in [0.25, 0.3) is 21.7 Å². The fourth-order valence-electron chi connectivity index (χ4n) is 1.91. The van der Waals surface area contributed by atoms with Gasteiger partial charge in [0.2, 0.25) is 0 Å². The minimum atomic E-state index is 0.658. The van der Waals surface area contributed by atoms with Crippen LogP contribution in [-0.4, -0.2) is 24.2 Å². The summed E-state index contributed by atoms with van der Waals surface area (Å²) in [5.41, 5.74) is 1.70. The zero-order valence-corrected chi connectivity index (χ0v) is 11.9. The van der Waals surface area contributed by atoms with Crippen LogP contribution in [0.2, 0.25) is 5.02 Å². The molecule has 0 radical (unpaired) electrons. The molecule has 0 fully saturated rings. The molecule has 0 bridgehead atoms. The average molecular weight is 295 g/mol. The van der Waals surface area contributed by atoms with Crippen LogP contribution in [-0.2, 0) is 0 Å². The average Bonchev–Trinajstić information content (AvgIpc) is 3.01. The maximum atomic E-state index is 6.12. The Kier molecular flexibility index (Phi) is 3.08. The third-order valence-electron chi connectivity index (χ3n) is 2.82. The van der Waals surface area contributed by atoms with Crippen LogP contribution in [0.1, 0.15) is 0 Å². The number of hydrogen-bond donors (Lipinski definition) is 1. The Labute approximate surface area is 118 Å².